The minimum Gasteiger partial charge on any atom is -0.461 e. The Hall–Kier alpha value is -2.87. The lowest BCUT2D eigenvalue weighted by molar-refractivity contribution is -0.138. The number of carbonyl (C=O) groups excluding carboxylic acids is 3. The predicted octanol–water partition coefficient (Wildman–Crippen LogP) is 1.38. The molecule has 0 saturated carbocycles. The topological polar surface area (TPSA) is 105 Å². The van der Waals surface area contributed by atoms with Crippen molar-refractivity contribution in [1.82, 2.24) is 15.1 Å². The number of amides is 3. The zero-order valence-electron chi connectivity index (χ0n) is 15.5. The minimum absolute atomic E-state index is 0.0917. The van der Waals surface area contributed by atoms with Gasteiger partial charge in [0.05, 0.1) is 6.54 Å². The molecular formula is C18H30N4O4. The first-order chi connectivity index (χ1) is 12.4. The van der Waals surface area contributed by atoms with Crippen molar-refractivity contribution in [3.8, 4) is 0 Å². The fourth-order valence-electron chi connectivity index (χ4n) is 1.71. The summed E-state index contributed by atoms with van der Waals surface area (Å²) in [4.78, 5) is 36.5. The fourth-order valence-corrected chi connectivity index (χ4v) is 1.71. The third-order valence-electron chi connectivity index (χ3n) is 2.83. The predicted molar refractivity (Wildman–Crippen MR) is 103 cm³/mol. The fraction of sp³-hybridized carbons (Fsp3) is 0.389. The molecule has 8 heteroatoms. The Morgan fingerprint density at radius 3 is 2.27 bits per heavy atom. The molecule has 0 saturated heterocycles. The zero-order chi connectivity index (χ0) is 20.4. The van der Waals surface area contributed by atoms with Crippen LogP contribution in [-0.4, -0.2) is 61.0 Å². The molecule has 0 atom stereocenters. The Bertz CT molecular complexity index is 492. The minimum atomic E-state index is -0.600. The van der Waals surface area contributed by atoms with Gasteiger partial charge in [0.1, 0.15) is 12.4 Å². The molecule has 0 bridgehead atoms. The number of ether oxygens (including phenoxy) is 1. The lowest BCUT2D eigenvalue weighted by Gasteiger charge is -2.33. The maximum atomic E-state index is 12.0. The van der Waals surface area contributed by atoms with Crippen LogP contribution < -0.4 is 11.1 Å². The Kier molecular flexibility index (Phi) is 16.6. The lowest BCUT2D eigenvalue weighted by atomic mass is 10.3. The number of allylic oxidation sites excluding steroid dienone is 1. The van der Waals surface area contributed by atoms with Crippen molar-refractivity contribution in [2.75, 3.05) is 32.8 Å². The molecule has 8 nitrogen and oxygen atoms in total. The second-order valence-corrected chi connectivity index (χ2v) is 4.77. The van der Waals surface area contributed by atoms with Gasteiger partial charge in [0.25, 0.3) is 0 Å². The van der Waals surface area contributed by atoms with Crippen LogP contribution in [-0.2, 0) is 14.3 Å². The molecule has 0 aromatic carbocycles. The lowest BCUT2D eigenvalue weighted by Crippen LogP contribution is -2.46. The Labute approximate surface area is 155 Å². The molecule has 0 aliphatic carbocycles. The van der Waals surface area contributed by atoms with Crippen LogP contribution in [0.1, 0.15) is 13.3 Å². The molecule has 0 aromatic rings. The smallest absolute Gasteiger partial charge is 0.330 e. The summed E-state index contributed by atoms with van der Waals surface area (Å²) in [6.07, 6.45) is 5.28. The van der Waals surface area contributed by atoms with E-state index in [1.54, 1.807) is 17.1 Å². The van der Waals surface area contributed by atoms with E-state index in [2.05, 4.69) is 31.6 Å². The van der Waals surface area contributed by atoms with Gasteiger partial charge in [-0.05, 0) is 13.3 Å². The van der Waals surface area contributed by atoms with E-state index in [9.17, 15) is 14.4 Å². The van der Waals surface area contributed by atoms with E-state index in [0.29, 0.717) is 44.8 Å². The maximum Gasteiger partial charge on any atom is 0.330 e. The first-order valence-corrected chi connectivity index (χ1v) is 8.06. The number of hydrogen-bond acceptors (Lipinski definition) is 6. The van der Waals surface area contributed by atoms with Crippen LogP contribution in [0.25, 0.3) is 0 Å². The summed E-state index contributed by atoms with van der Waals surface area (Å²) < 4.78 is 4.92. The van der Waals surface area contributed by atoms with Crippen LogP contribution >= 0.6 is 0 Å². The second-order valence-electron chi connectivity index (χ2n) is 4.77. The highest BCUT2D eigenvalue weighted by atomic mass is 16.5. The molecule has 146 valence electrons. The van der Waals surface area contributed by atoms with Crippen molar-refractivity contribution in [2.45, 2.75) is 13.3 Å². The normalized spacial score (nSPS) is 8.85. The van der Waals surface area contributed by atoms with Crippen molar-refractivity contribution in [3.63, 3.8) is 0 Å². The van der Waals surface area contributed by atoms with Crippen LogP contribution in [0.15, 0.2) is 50.4 Å². The Morgan fingerprint density at radius 2 is 1.81 bits per heavy atom. The Balaban J connectivity index is 0. The maximum absolute atomic E-state index is 12.0. The number of hydrogen-bond donors (Lipinski definition) is 2. The highest BCUT2D eigenvalue weighted by Crippen LogP contribution is 2.10. The van der Waals surface area contributed by atoms with E-state index in [0.717, 1.165) is 6.08 Å². The highest BCUT2D eigenvalue weighted by molar-refractivity contribution is 5.85. The Morgan fingerprint density at radius 1 is 1.19 bits per heavy atom. The SMILES string of the molecule is C=CC.C=CCCN(C(=C)N(CCN)CCOC(=O)C=C)C(=O)NC=O. The van der Waals surface area contributed by atoms with Gasteiger partial charge in [-0.1, -0.05) is 25.3 Å². The summed E-state index contributed by atoms with van der Waals surface area (Å²) in [5.74, 6) is -0.183. The number of imide groups is 1. The molecular weight excluding hydrogens is 336 g/mol. The number of nitrogens with two attached hydrogens (primary N) is 1. The molecule has 0 spiro atoms. The average Bonchev–Trinajstić information content (AvgIpc) is 2.61. The van der Waals surface area contributed by atoms with Crippen molar-refractivity contribution in [1.29, 1.82) is 0 Å². The molecule has 3 N–H and O–H groups in total. The van der Waals surface area contributed by atoms with Gasteiger partial charge in [-0.2, -0.15) is 0 Å². The number of urea groups is 1. The summed E-state index contributed by atoms with van der Waals surface area (Å²) in [6.45, 7) is 17.4. The van der Waals surface area contributed by atoms with Gasteiger partial charge in [-0.3, -0.25) is 15.0 Å². The zero-order valence-corrected chi connectivity index (χ0v) is 15.5. The summed E-state index contributed by atoms with van der Waals surface area (Å²) in [5.41, 5.74) is 5.56. The molecule has 0 aliphatic rings. The van der Waals surface area contributed by atoms with Gasteiger partial charge >= 0.3 is 12.0 Å². The van der Waals surface area contributed by atoms with E-state index < -0.39 is 12.0 Å². The molecule has 26 heavy (non-hydrogen) atoms. The molecule has 0 rings (SSSR count). The number of nitrogens with zero attached hydrogens (tertiary/aromatic N) is 2. The summed E-state index contributed by atoms with van der Waals surface area (Å²) in [5, 5.41) is 2.07. The third kappa shape index (κ3) is 11.6. The first kappa shape index (κ1) is 25.4. The molecule has 0 aliphatic heterocycles. The number of carbonyl (C=O) groups is 3. The molecule has 0 aromatic heterocycles. The first-order valence-electron chi connectivity index (χ1n) is 8.06. The van der Waals surface area contributed by atoms with E-state index >= 15 is 0 Å². The molecule has 3 amide bonds. The number of nitrogens with one attached hydrogen (secondary N) is 1. The van der Waals surface area contributed by atoms with Gasteiger partial charge in [-0.25, -0.2) is 9.59 Å². The second kappa shape index (κ2) is 17.0. The van der Waals surface area contributed by atoms with E-state index in [1.807, 2.05) is 6.92 Å². The number of esters is 1. The van der Waals surface area contributed by atoms with Gasteiger partial charge in [0, 0.05) is 25.7 Å². The van der Waals surface area contributed by atoms with Crippen molar-refractivity contribution >= 4 is 18.4 Å². The van der Waals surface area contributed by atoms with Crippen LogP contribution in [0.4, 0.5) is 4.79 Å². The number of rotatable bonds is 12. The summed E-state index contributed by atoms with van der Waals surface area (Å²) in [7, 11) is 0. The third-order valence-corrected chi connectivity index (χ3v) is 2.83. The van der Waals surface area contributed by atoms with Crippen LogP contribution in [0.2, 0.25) is 0 Å². The van der Waals surface area contributed by atoms with E-state index in [1.165, 1.54) is 4.90 Å². The van der Waals surface area contributed by atoms with E-state index in [4.69, 9.17) is 10.5 Å². The monoisotopic (exact) mass is 366 g/mol. The van der Waals surface area contributed by atoms with Crippen molar-refractivity contribution in [2.24, 2.45) is 5.73 Å². The van der Waals surface area contributed by atoms with Gasteiger partial charge < -0.3 is 15.4 Å². The van der Waals surface area contributed by atoms with Gasteiger partial charge in [0.2, 0.25) is 6.41 Å². The summed E-state index contributed by atoms with van der Waals surface area (Å²) in [6, 6.07) is -0.600. The average molecular weight is 366 g/mol. The van der Waals surface area contributed by atoms with Crippen molar-refractivity contribution in [3.05, 3.63) is 50.4 Å². The summed E-state index contributed by atoms with van der Waals surface area (Å²) >= 11 is 0. The van der Waals surface area contributed by atoms with Gasteiger partial charge in [0.15, 0.2) is 0 Å². The van der Waals surface area contributed by atoms with Crippen LogP contribution in [0.3, 0.4) is 0 Å². The standard InChI is InChI=1S/C15H24N4O4.C3H6/c1-4-6-8-19(15(22)17-12-20)13(3)18(9-7-16)10-11-23-14(21)5-2;1-3-2/h4-5,12H,1-3,6-11,16H2,(H,17,20,22);3H,1H2,2H3. The molecule has 0 heterocycles. The quantitative estimate of drug-likeness (QED) is 0.234. The van der Waals surface area contributed by atoms with Gasteiger partial charge in [-0.15, -0.1) is 13.2 Å². The largest absolute Gasteiger partial charge is 0.461 e. The molecule has 0 fully saturated rings. The molecule has 0 unspecified atom stereocenters. The van der Waals surface area contributed by atoms with E-state index in [-0.39, 0.29) is 6.61 Å². The highest BCUT2D eigenvalue weighted by Gasteiger charge is 2.20. The van der Waals surface area contributed by atoms with Crippen molar-refractivity contribution < 1.29 is 19.1 Å². The van der Waals surface area contributed by atoms with Crippen LogP contribution in [0.5, 0.6) is 0 Å². The van der Waals surface area contributed by atoms with Crippen LogP contribution in [0, 0.1) is 0 Å². The molecule has 0 radical (unpaired) electrons.